The number of carbonyl (C=O) groups excluding carboxylic acids is 1. The summed E-state index contributed by atoms with van der Waals surface area (Å²) in [5.74, 6) is 1.71. The maximum Gasteiger partial charge on any atom is 0.192 e. The molecule has 0 spiro atoms. The average molecular weight is 400 g/mol. The van der Waals surface area contributed by atoms with E-state index in [-0.39, 0.29) is 11.5 Å². The fourth-order valence-electron chi connectivity index (χ4n) is 2.51. The lowest BCUT2D eigenvalue weighted by atomic mass is 10.1. The third kappa shape index (κ3) is 4.59. The lowest BCUT2D eigenvalue weighted by Gasteiger charge is -2.08. The predicted molar refractivity (Wildman–Crippen MR) is 109 cm³/mol. The molecule has 0 aliphatic heterocycles. The summed E-state index contributed by atoms with van der Waals surface area (Å²) in [5, 5.41) is 9.83. The highest BCUT2D eigenvalue weighted by atomic mass is 35.5. The summed E-state index contributed by atoms with van der Waals surface area (Å²) in [6.45, 7) is 4.35. The molecule has 5 nitrogen and oxygen atoms in total. The number of ether oxygens (including phenoxy) is 1. The van der Waals surface area contributed by atoms with E-state index < -0.39 is 0 Å². The lowest BCUT2D eigenvalue weighted by molar-refractivity contribution is 0.102. The van der Waals surface area contributed by atoms with Gasteiger partial charge in [-0.2, -0.15) is 0 Å². The summed E-state index contributed by atoms with van der Waals surface area (Å²) >= 11 is 7.22. The standard InChI is InChI=1S/C20H18ClN3O2S/c1-3-11-24-19(15-5-4-6-17(12-15)26-2)22-23-20(24)27-13-18(25)14-7-9-16(21)10-8-14/h3-10,12H,1,11,13H2,2H3. The van der Waals surface area contributed by atoms with Gasteiger partial charge in [0.25, 0.3) is 0 Å². The first-order valence-electron chi connectivity index (χ1n) is 8.22. The van der Waals surface area contributed by atoms with Crippen LogP contribution < -0.4 is 4.74 Å². The molecule has 0 atom stereocenters. The molecule has 0 amide bonds. The Morgan fingerprint density at radius 3 is 2.74 bits per heavy atom. The molecule has 0 saturated carbocycles. The third-order valence-electron chi connectivity index (χ3n) is 3.86. The van der Waals surface area contributed by atoms with Crippen molar-refractivity contribution in [2.45, 2.75) is 11.7 Å². The Bertz CT molecular complexity index is 954. The highest BCUT2D eigenvalue weighted by Crippen LogP contribution is 2.27. The highest BCUT2D eigenvalue weighted by Gasteiger charge is 2.16. The topological polar surface area (TPSA) is 57.0 Å². The minimum absolute atomic E-state index is 0.00718. The van der Waals surface area contributed by atoms with Crippen molar-refractivity contribution in [3.8, 4) is 17.1 Å². The van der Waals surface area contributed by atoms with Crippen molar-refractivity contribution in [3.63, 3.8) is 0 Å². The first-order chi connectivity index (χ1) is 13.1. The van der Waals surface area contributed by atoms with Gasteiger partial charge in [-0.3, -0.25) is 9.36 Å². The lowest BCUT2D eigenvalue weighted by Crippen LogP contribution is -2.05. The summed E-state index contributed by atoms with van der Waals surface area (Å²) in [4.78, 5) is 12.4. The average Bonchev–Trinajstić information content (AvgIpc) is 3.09. The number of thioether (sulfide) groups is 1. The molecule has 3 aromatic rings. The maximum absolute atomic E-state index is 12.4. The minimum Gasteiger partial charge on any atom is -0.497 e. The van der Waals surface area contributed by atoms with Crippen molar-refractivity contribution in [3.05, 3.63) is 71.8 Å². The second-order valence-corrected chi connectivity index (χ2v) is 7.04. The number of halogens is 1. The summed E-state index contributed by atoms with van der Waals surface area (Å²) in [5.41, 5.74) is 1.51. The number of hydrogen-bond acceptors (Lipinski definition) is 5. The van der Waals surface area contributed by atoms with Gasteiger partial charge < -0.3 is 4.74 Å². The van der Waals surface area contributed by atoms with Crippen LogP contribution in [-0.2, 0) is 6.54 Å². The molecule has 0 unspecified atom stereocenters. The number of aromatic nitrogens is 3. The van der Waals surface area contributed by atoms with Crippen LogP contribution >= 0.6 is 23.4 Å². The molecule has 0 aliphatic carbocycles. The molecule has 0 saturated heterocycles. The van der Waals surface area contributed by atoms with Crippen molar-refractivity contribution < 1.29 is 9.53 Å². The fourth-order valence-corrected chi connectivity index (χ4v) is 3.48. The number of nitrogens with zero attached hydrogens (tertiary/aromatic N) is 3. The van der Waals surface area contributed by atoms with Crippen LogP contribution in [0.15, 0.2) is 66.3 Å². The number of ketones is 1. The molecule has 2 aromatic carbocycles. The van der Waals surface area contributed by atoms with E-state index in [1.54, 1.807) is 37.5 Å². The third-order valence-corrected chi connectivity index (χ3v) is 5.07. The van der Waals surface area contributed by atoms with E-state index in [0.717, 1.165) is 11.3 Å². The first kappa shape index (κ1) is 19.2. The molecular weight excluding hydrogens is 382 g/mol. The normalized spacial score (nSPS) is 10.6. The van der Waals surface area contributed by atoms with Crippen LogP contribution in [0.2, 0.25) is 5.02 Å². The van der Waals surface area contributed by atoms with Gasteiger partial charge in [-0.15, -0.1) is 16.8 Å². The summed E-state index contributed by atoms with van der Waals surface area (Å²) in [6.07, 6.45) is 1.78. The minimum atomic E-state index is 0.00718. The van der Waals surface area contributed by atoms with Gasteiger partial charge in [-0.05, 0) is 36.4 Å². The van der Waals surface area contributed by atoms with Crippen molar-refractivity contribution in [2.24, 2.45) is 0 Å². The van der Waals surface area contributed by atoms with E-state index in [1.165, 1.54) is 11.8 Å². The first-order valence-corrected chi connectivity index (χ1v) is 9.59. The van der Waals surface area contributed by atoms with Crippen molar-refractivity contribution >= 4 is 29.1 Å². The quantitative estimate of drug-likeness (QED) is 0.310. The Hall–Kier alpha value is -2.57. The molecule has 1 aromatic heterocycles. The Labute approximate surface area is 167 Å². The second-order valence-electron chi connectivity index (χ2n) is 5.66. The van der Waals surface area contributed by atoms with Gasteiger partial charge in [-0.1, -0.05) is 41.6 Å². The van der Waals surface area contributed by atoms with E-state index in [9.17, 15) is 4.79 Å². The van der Waals surface area contributed by atoms with Gasteiger partial charge in [0.05, 0.1) is 12.9 Å². The fraction of sp³-hybridized carbons (Fsp3) is 0.150. The largest absolute Gasteiger partial charge is 0.497 e. The van der Waals surface area contributed by atoms with Crippen molar-refractivity contribution in [2.75, 3.05) is 12.9 Å². The van der Waals surface area contributed by atoms with E-state index >= 15 is 0 Å². The van der Waals surface area contributed by atoms with E-state index in [2.05, 4.69) is 16.8 Å². The monoisotopic (exact) mass is 399 g/mol. The van der Waals surface area contributed by atoms with Crippen LogP contribution in [0.25, 0.3) is 11.4 Å². The zero-order valence-corrected chi connectivity index (χ0v) is 16.3. The van der Waals surface area contributed by atoms with Gasteiger partial charge in [-0.25, -0.2) is 0 Å². The van der Waals surface area contributed by atoms with Crippen molar-refractivity contribution in [1.82, 2.24) is 14.8 Å². The summed E-state index contributed by atoms with van der Waals surface area (Å²) < 4.78 is 7.21. The molecule has 0 bridgehead atoms. The highest BCUT2D eigenvalue weighted by molar-refractivity contribution is 7.99. The van der Waals surface area contributed by atoms with E-state index in [1.807, 2.05) is 28.8 Å². The molecule has 27 heavy (non-hydrogen) atoms. The Balaban J connectivity index is 1.81. The van der Waals surface area contributed by atoms with Crippen LogP contribution in [0.3, 0.4) is 0 Å². The van der Waals surface area contributed by atoms with Gasteiger partial charge in [0, 0.05) is 22.7 Å². The zero-order chi connectivity index (χ0) is 19.2. The van der Waals surface area contributed by atoms with Crippen LogP contribution in [-0.4, -0.2) is 33.4 Å². The SMILES string of the molecule is C=CCn1c(SCC(=O)c2ccc(Cl)cc2)nnc1-c1cccc(OC)c1. The second kappa shape index (κ2) is 8.88. The number of benzene rings is 2. The molecular formula is C20H18ClN3O2S. The maximum atomic E-state index is 12.4. The number of carbonyl (C=O) groups is 1. The number of allylic oxidation sites excluding steroid dienone is 1. The Morgan fingerprint density at radius 2 is 2.04 bits per heavy atom. The molecule has 3 rings (SSSR count). The molecule has 1 heterocycles. The van der Waals surface area contributed by atoms with E-state index in [4.69, 9.17) is 16.3 Å². The smallest absolute Gasteiger partial charge is 0.192 e. The summed E-state index contributed by atoms with van der Waals surface area (Å²) in [7, 11) is 1.62. The van der Waals surface area contributed by atoms with Crippen LogP contribution in [0, 0.1) is 0 Å². The number of hydrogen-bond donors (Lipinski definition) is 0. The van der Waals surface area contributed by atoms with Gasteiger partial charge in [0.15, 0.2) is 16.8 Å². The summed E-state index contributed by atoms with van der Waals surface area (Å²) in [6, 6.07) is 14.5. The van der Waals surface area contributed by atoms with Crippen molar-refractivity contribution in [1.29, 1.82) is 0 Å². The van der Waals surface area contributed by atoms with Crippen LogP contribution in [0.1, 0.15) is 10.4 Å². The Kier molecular flexibility index (Phi) is 6.32. The van der Waals surface area contributed by atoms with Gasteiger partial charge in [0.1, 0.15) is 5.75 Å². The predicted octanol–water partition coefficient (Wildman–Crippen LogP) is 4.77. The van der Waals surface area contributed by atoms with Crippen LogP contribution in [0.5, 0.6) is 5.75 Å². The van der Waals surface area contributed by atoms with Crippen LogP contribution in [0.4, 0.5) is 0 Å². The molecule has 0 fully saturated rings. The Morgan fingerprint density at radius 1 is 1.26 bits per heavy atom. The number of rotatable bonds is 8. The molecule has 138 valence electrons. The molecule has 0 N–H and O–H groups in total. The number of Topliss-reactive ketones (excluding diaryl/α,β-unsaturated/α-hetero) is 1. The zero-order valence-electron chi connectivity index (χ0n) is 14.8. The molecule has 7 heteroatoms. The van der Waals surface area contributed by atoms with Gasteiger partial charge in [0.2, 0.25) is 0 Å². The molecule has 0 radical (unpaired) electrons. The van der Waals surface area contributed by atoms with Gasteiger partial charge >= 0.3 is 0 Å². The van der Waals surface area contributed by atoms with E-state index in [0.29, 0.717) is 28.1 Å². The number of methoxy groups -OCH3 is 1. The molecule has 0 aliphatic rings.